The lowest BCUT2D eigenvalue weighted by molar-refractivity contribution is -0.141. The van der Waals surface area contributed by atoms with Gasteiger partial charge in [0.2, 0.25) is 5.91 Å². The van der Waals surface area contributed by atoms with Crippen LogP contribution >= 0.6 is 11.6 Å². The molecule has 0 aromatic heterocycles. The van der Waals surface area contributed by atoms with Crippen molar-refractivity contribution in [2.24, 2.45) is 0 Å². The van der Waals surface area contributed by atoms with Crippen molar-refractivity contribution in [1.82, 2.24) is 5.32 Å². The first-order valence-corrected chi connectivity index (χ1v) is 5.78. The Morgan fingerprint density at radius 2 is 2.22 bits per heavy atom. The Morgan fingerprint density at radius 3 is 2.78 bits per heavy atom. The van der Waals surface area contributed by atoms with E-state index in [1.807, 2.05) is 0 Å². The summed E-state index contributed by atoms with van der Waals surface area (Å²) in [5.41, 5.74) is 0.485. The third-order valence-electron chi connectivity index (χ3n) is 2.31. The van der Waals surface area contributed by atoms with Crippen LogP contribution in [-0.2, 0) is 14.3 Å². The van der Waals surface area contributed by atoms with Crippen LogP contribution in [0.2, 0.25) is 0 Å². The highest BCUT2D eigenvalue weighted by Crippen LogP contribution is 2.18. The number of hydrogen-bond acceptors (Lipinski definition) is 3. The molecule has 0 aliphatic heterocycles. The van der Waals surface area contributed by atoms with E-state index in [0.717, 1.165) is 0 Å². The summed E-state index contributed by atoms with van der Waals surface area (Å²) < 4.78 is 17.6. The van der Waals surface area contributed by atoms with Crippen molar-refractivity contribution in [1.29, 1.82) is 0 Å². The van der Waals surface area contributed by atoms with Crippen molar-refractivity contribution < 1.29 is 18.7 Å². The van der Waals surface area contributed by atoms with Gasteiger partial charge in [0.15, 0.2) is 0 Å². The van der Waals surface area contributed by atoms with Gasteiger partial charge in [0, 0.05) is 0 Å². The molecule has 1 amide bonds. The molecule has 1 aromatic rings. The average Bonchev–Trinajstić information content (AvgIpc) is 2.37. The lowest BCUT2D eigenvalue weighted by atomic mass is 10.0. The number of esters is 1. The molecule has 1 N–H and O–H groups in total. The Morgan fingerprint density at radius 1 is 1.50 bits per heavy atom. The molecule has 0 bridgehead atoms. The van der Waals surface area contributed by atoms with E-state index in [-0.39, 0.29) is 12.3 Å². The van der Waals surface area contributed by atoms with Crippen molar-refractivity contribution in [2.45, 2.75) is 12.5 Å². The minimum atomic E-state index is -0.653. The van der Waals surface area contributed by atoms with E-state index in [1.54, 1.807) is 6.07 Å². The van der Waals surface area contributed by atoms with Crippen molar-refractivity contribution in [2.75, 3.05) is 13.0 Å². The highest BCUT2D eigenvalue weighted by atomic mass is 35.5. The van der Waals surface area contributed by atoms with Crippen LogP contribution in [-0.4, -0.2) is 24.9 Å². The summed E-state index contributed by atoms with van der Waals surface area (Å²) in [5, 5.41) is 2.54. The Balaban J connectivity index is 2.88. The molecule has 0 aliphatic rings. The van der Waals surface area contributed by atoms with Gasteiger partial charge < -0.3 is 10.1 Å². The number of methoxy groups -OCH3 is 1. The fraction of sp³-hybridized carbons (Fsp3) is 0.333. The molecule has 1 aromatic carbocycles. The van der Waals surface area contributed by atoms with Gasteiger partial charge in [-0.15, -0.1) is 11.6 Å². The zero-order chi connectivity index (χ0) is 13.5. The van der Waals surface area contributed by atoms with Gasteiger partial charge in [-0.05, 0) is 17.7 Å². The predicted molar refractivity (Wildman–Crippen MR) is 64.6 cm³/mol. The lowest BCUT2D eigenvalue weighted by Crippen LogP contribution is -2.31. The first-order chi connectivity index (χ1) is 8.56. The van der Waals surface area contributed by atoms with Gasteiger partial charge in [-0.25, -0.2) is 4.39 Å². The number of hydrogen-bond donors (Lipinski definition) is 1. The molecule has 0 unspecified atom stereocenters. The van der Waals surface area contributed by atoms with Crippen molar-refractivity contribution >= 4 is 23.5 Å². The van der Waals surface area contributed by atoms with Crippen molar-refractivity contribution in [3.63, 3.8) is 0 Å². The zero-order valence-corrected chi connectivity index (χ0v) is 10.5. The molecule has 0 fully saturated rings. The second kappa shape index (κ2) is 6.96. The molecule has 1 rings (SSSR count). The van der Waals surface area contributed by atoms with Gasteiger partial charge in [-0.1, -0.05) is 12.1 Å². The number of carbonyl (C=O) groups excluding carboxylic acids is 2. The smallest absolute Gasteiger partial charge is 0.307 e. The fourth-order valence-corrected chi connectivity index (χ4v) is 1.54. The normalized spacial score (nSPS) is 11.7. The molecule has 1 atom stereocenters. The quantitative estimate of drug-likeness (QED) is 0.657. The summed E-state index contributed by atoms with van der Waals surface area (Å²) in [6.07, 6.45) is -0.0808. The summed E-state index contributed by atoms with van der Waals surface area (Å²) in [4.78, 5) is 22.5. The molecule has 0 aliphatic carbocycles. The second-order valence-corrected chi connectivity index (χ2v) is 3.86. The number of amides is 1. The number of nitrogens with one attached hydrogen (secondary N) is 1. The predicted octanol–water partition coefficient (Wildman–Crippen LogP) is 1.78. The van der Waals surface area contributed by atoms with Gasteiger partial charge in [-0.3, -0.25) is 9.59 Å². The van der Waals surface area contributed by atoms with E-state index in [0.29, 0.717) is 5.56 Å². The molecule has 6 heteroatoms. The first kappa shape index (κ1) is 14.4. The number of ether oxygens (including phenoxy) is 1. The Kier molecular flexibility index (Phi) is 5.58. The fourth-order valence-electron chi connectivity index (χ4n) is 1.46. The third-order valence-corrected chi connectivity index (χ3v) is 2.55. The number of alkyl halides is 1. The van der Waals surface area contributed by atoms with Crippen LogP contribution in [0.5, 0.6) is 0 Å². The monoisotopic (exact) mass is 273 g/mol. The molecule has 18 heavy (non-hydrogen) atoms. The molecule has 0 radical (unpaired) electrons. The van der Waals surface area contributed by atoms with Crippen LogP contribution in [0.1, 0.15) is 18.0 Å². The highest BCUT2D eigenvalue weighted by Gasteiger charge is 2.18. The number of carbonyl (C=O) groups is 2. The Bertz CT molecular complexity index is 421. The standard InChI is InChI=1S/C12H13ClFNO3/c1-18-12(17)6-10(15-11(16)7-13)8-3-2-4-9(14)5-8/h2-5,10H,6-7H2,1H3,(H,15,16)/t10-/m0/s1. The van der Waals surface area contributed by atoms with E-state index in [9.17, 15) is 14.0 Å². The minimum Gasteiger partial charge on any atom is -0.469 e. The average molecular weight is 274 g/mol. The van der Waals surface area contributed by atoms with Gasteiger partial charge >= 0.3 is 5.97 Å². The van der Waals surface area contributed by atoms with Crippen LogP contribution in [0.15, 0.2) is 24.3 Å². The Labute approximate surface area is 109 Å². The van der Waals surface area contributed by atoms with Crippen LogP contribution < -0.4 is 5.32 Å². The summed E-state index contributed by atoms with van der Waals surface area (Å²) in [7, 11) is 1.24. The molecule has 0 heterocycles. The van der Waals surface area contributed by atoms with Crippen LogP contribution in [0.3, 0.4) is 0 Å². The second-order valence-electron chi connectivity index (χ2n) is 3.59. The van der Waals surface area contributed by atoms with Gasteiger partial charge in [0.1, 0.15) is 11.7 Å². The van der Waals surface area contributed by atoms with Gasteiger partial charge in [0.05, 0.1) is 19.6 Å². The molecule has 0 saturated carbocycles. The molecule has 0 saturated heterocycles. The SMILES string of the molecule is COC(=O)C[C@H](NC(=O)CCl)c1cccc(F)c1. The largest absolute Gasteiger partial charge is 0.469 e. The summed E-state index contributed by atoms with van der Waals surface area (Å²) in [6.45, 7) is 0. The van der Waals surface area contributed by atoms with Crippen LogP contribution in [0, 0.1) is 5.82 Å². The molecule has 98 valence electrons. The number of rotatable bonds is 5. The summed E-state index contributed by atoms with van der Waals surface area (Å²) >= 11 is 5.38. The lowest BCUT2D eigenvalue weighted by Gasteiger charge is -2.17. The maximum Gasteiger partial charge on any atom is 0.307 e. The topological polar surface area (TPSA) is 55.4 Å². The zero-order valence-electron chi connectivity index (χ0n) is 9.78. The maximum atomic E-state index is 13.1. The van der Waals surface area contributed by atoms with E-state index in [1.165, 1.54) is 25.3 Å². The van der Waals surface area contributed by atoms with Crippen molar-refractivity contribution in [3.8, 4) is 0 Å². The van der Waals surface area contributed by atoms with Crippen LogP contribution in [0.25, 0.3) is 0 Å². The Hall–Kier alpha value is -1.62. The van der Waals surface area contributed by atoms with Gasteiger partial charge in [-0.2, -0.15) is 0 Å². The van der Waals surface area contributed by atoms with E-state index >= 15 is 0 Å². The summed E-state index contributed by atoms with van der Waals surface area (Å²) in [6, 6.07) is 5.00. The summed E-state index contributed by atoms with van der Waals surface area (Å²) in [5.74, 6) is -1.61. The van der Waals surface area contributed by atoms with E-state index < -0.39 is 23.7 Å². The maximum absolute atomic E-state index is 13.1. The minimum absolute atomic E-state index is 0.0808. The van der Waals surface area contributed by atoms with E-state index in [4.69, 9.17) is 11.6 Å². The molecule has 0 spiro atoms. The molecular formula is C12H13ClFNO3. The van der Waals surface area contributed by atoms with Gasteiger partial charge in [0.25, 0.3) is 0 Å². The van der Waals surface area contributed by atoms with Crippen LogP contribution in [0.4, 0.5) is 4.39 Å². The molecular weight excluding hydrogens is 261 g/mol. The van der Waals surface area contributed by atoms with E-state index in [2.05, 4.69) is 10.1 Å². The highest BCUT2D eigenvalue weighted by molar-refractivity contribution is 6.27. The first-order valence-electron chi connectivity index (χ1n) is 5.24. The number of benzene rings is 1. The van der Waals surface area contributed by atoms with Crippen molar-refractivity contribution in [3.05, 3.63) is 35.6 Å². The third kappa shape index (κ3) is 4.33. The number of halogens is 2. The molecule has 4 nitrogen and oxygen atoms in total.